The monoisotopic (exact) mass is 914 g/mol. The third-order valence-corrected chi connectivity index (χ3v) is 12.7. The van der Waals surface area contributed by atoms with Gasteiger partial charge in [0.25, 0.3) is 0 Å². The highest BCUT2D eigenvalue weighted by Gasteiger charge is 2.21. The van der Waals surface area contributed by atoms with Crippen LogP contribution in [0.25, 0.3) is 0 Å². The highest BCUT2D eigenvalue weighted by Crippen LogP contribution is 2.11. The molecular formula is C56H107N5O4. The van der Waals surface area contributed by atoms with Gasteiger partial charge in [0, 0.05) is 65.3 Å². The summed E-state index contributed by atoms with van der Waals surface area (Å²) in [6.07, 6.45) is 49.1. The number of esters is 1. The molecule has 0 N–H and O–H groups in total. The van der Waals surface area contributed by atoms with Crippen molar-refractivity contribution in [1.29, 1.82) is 0 Å². The zero-order chi connectivity index (χ0) is 47.7. The van der Waals surface area contributed by atoms with E-state index < -0.39 is 0 Å². The zero-order valence-corrected chi connectivity index (χ0v) is 43.9. The third-order valence-electron chi connectivity index (χ3n) is 12.7. The van der Waals surface area contributed by atoms with Gasteiger partial charge < -0.3 is 24.2 Å². The molecule has 1 fully saturated rings. The lowest BCUT2D eigenvalue weighted by molar-refractivity contribution is -0.140. The smallest absolute Gasteiger partial charge is 0.305 e. The van der Waals surface area contributed by atoms with Crippen molar-refractivity contribution in [2.24, 2.45) is 0 Å². The summed E-state index contributed by atoms with van der Waals surface area (Å²) >= 11 is 0. The van der Waals surface area contributed by atoms with E-state index in [-0.39, 0.29) is 5.97 Å². The molecular weight excluding hydrogens is 807 g/mol. The van der Waals surface area contributed by atoms with Crippen LogP contribution in [0.4, 0.5) is 0 Å². The first-order chi connectivity index (χ1) is 31.8. The van der Waals surface area contributed by atoms with Crippen LogP contribution >= 0.6 is 0 Å². The molecule has 9 nitrogen and oxygen atoms in total. The van der Waals surface area contributed by atoms with Crippen LogP contribution in [0.15, 0.2) is 36.5 Å². The maximum Gasteiger partial charge on any atom is 0.305 e. The number of piperazine rings is 1. The summed E-state index contributed by atoms with van der Waals surface area (Å²) in [5.41, 5.74) is 0. The van der Waals surface area contributed by atoms with Gasteiger partial charge in [0.05, 0.1) is 20.2 Å². The van der Waals surface area contributed by atoms with E-state index in [4.69, 9.17) is 0 Å². The fourth-order valence-corrected chi connectivity index (χ4v) is 8.18. The lowest BCUT2D eigenvalue weighted by Gasteiger charge is -2.34. The molecule has 0 atom stereocenters. The molecule has 1 saturated heterocycles. The molecule has 0 saturated carbocycles. The SMILES string of the molecule is CCCCC/C=C\CCN(CC/C=C\CCCCC)CCN(CC/C=C\CCCCC)CC(=O)N1CCN(C)CC1.CCCCCCCCCN(CC=O)CCCCCCCC(=O)OC. The molecule has 0 aliphatic carbocycles. The fourth-order valence-electron chi connectivity index (χ4n) is 8.18. The van der Waals surface area contributed by atoms with E-state index in [0.29, 0.717) is 25.4 Å². The van der Waals surface area contributed by atoms with Crippen molar-refractivity contribution < 1.29 is 19.1 Å². The summed E-state index contributed by atoms with van der Waals surface area (Å²) in [4.78, 5) is 46.8. The van der Waals surface area contributed by atoms with E-state index in [9.17, 15) is 14.4 Å². The normalized spacial score (nSPS) is 13.6. The maximum absolute atomic E-state index is 13.2. The first kappa shape index (κ1) is 62.7. The number of methoxy groups -OCH3 is 1. The van der Waals surface area contributed by atoms with Crippen LogP contribution in [-0.2, 0) is 19.1 Å². The standard InChI is InChI=1S/C36H68N4O.C20H39NO3/c1-5-8-11-14-17-20-23-26-38(27-24-21-18-15-12-9-6-2)31-32-39(28-25-22-19-16-13-10-7-3)35-36(41)40-33-29-37(4)30-34-40;1-3-4-5-6-7-10-13-16-21(18-19-22)17-14-11-8-9-12-15-20(23)24-2/h17-22H,5-16,23-35H2,1-4H3;19H,3-18H2,1-2H3/b20-17-,21-18-,22-19-;. The number of hydrogen-bond donors (Lipinski definition) is 0. The van der Waals surface area contributed by atoms with Gasteiger partial charge in [0.1, 0.15) is 6.29 Å². The molecule has 0 radical (unpaired) electrons. The van der Waals surface area contributed by atoms with Gasteiger partial charge >= 0.3 is 5.97 Å². The van der Waals surface area contributed by atoms with Crippen LogP contribution in [0.2, 0.25) is 0 Å². The van der Waals surface area contributed by atoms with Gasteiger partial charge in [-0.05, 0) is 97.2 Å². The Morgan fingerprint density at radius 3 is 1.32 bits per heavy atom. The number of nitrogens with zero attached hydrogens (tertiary/aromatic N) is 5. The Morgan fingerprint density at radius 2 is 0.862 bits per heavy atom. The highest BCUT2D eigenvalue weighted by atomic mass is 16.5. The van der Waals surface area contributed by atoms with Crippen molar-refractivity contribution in [3.8, 4) is 0 Å². The molecule has 0 aromatic heterocycles. The number of likely N-dealkylation sites (N-methyl/N-ethyl adjacent to an activating group) is 1. The van der Waals surface area contributed by atoms with E-state index in [0.717, 1.165) is 123 Å². The van der Waals surface area contributed by atoms with Gasteiger partial charge in [-0.25, -0.2) is 0 Å². The average Bonchev–Trinajstić information content (AvgIpc) is 3.31. The van der Waals surface area contributed by atoms with Gasteiger partial charge in [-0.15, -0.1) is 0 Å². The second-order valence-electron chi connectivity index (χ2n) is 18.8. The number of aldehydes is 1. The molecule has 0 aromatic carbocycles. The van der Waals surface area contributed by atoms with Crippen LogP contribution in [0, 0.1) is 0 Å². The summed E-state index contributed by atoms with van der Waals surface area (Å²) in [5, 5.41) is 0. The number of carbonyl (C=O) groups excluding carboxylic acids is 3. The fraction of sp³-hybridized carbons (Fsp3) is 0.839. The predicted molar refractivity (Wildman–Crippen MR) is 281 cm³/mol. The summed E-state index contributed by atoms with van der Waals surface area (Å²) in [6, 6.07) is 0. The quantitative estimate of drug-likeness (QED) is 0.0259. The largest absolute Gasteiger partial charge is 0.469 e. The summed E-state index contributed by atoms with van der Waals surface area (Å²) in [5.74, 6) is 0.198. The topological polar surface area (TPSA) is 76.6 Å². The van der Waals surface area contributed by atoms with E-state index >= 15 is 0 Å². The van der Waals surface area contributed by atoms with E-state index in [1.54, 1.807) is 0 Å². The lowest BCUT2D eigenvalue weighted by Crippen LogP contribution is -2.50. The predicted octanol–water partition coefficient (Wildman–Crippen LogP) is 12.7. The van der Waals surface area contributed by atoms with Gasteiger partial charge in [-0.2, -0.15) is 0 Å². The average molecular weight is 915 g/mol. The molecule has 0 bridgehead atoms. The molecule has 0 spiro atoms. The molecule has 0 aromatic rings. The summed E-state index contributed by atoms with van der Waals surface area (Å²) in [6.45, 7) is 21.1. The number of ether oxygens (including phenoxy) is 1. The van der Waals surface area contributed by atoms with E-state index in [2.05, 4.69) is 100 Å². The third kappa shape index (κ3) is 42.7. The van der Waals surface area contributed by atoms with Crippen molar-refractivity contribution in [3.05, 3.63) is 36.5 Å². The Labute approximate surface area is 403 Å². The lowest BCUT2D eigenvalue weighted by atomic mass is 10.1. The minimum absolute atomic E-state index is 0.109. The Bertz CT molecular complexity index is 1110. The minimum atomic E-state index is -0.109. The molecule has 65 heavy (non-hydrogen) atoms. The molecule has 1 rings (SSSR count). The number of amides is 1. The molecule has 0 unspecified atom stereocenters. The van der Waals surface area contributed by atoms with Crippen LogP contribution in [0.1, 0.15) is 207 Å². The van der Waals surface area contributed by atoms with Crippen molar-refractivity contribution in [2.45, 2.75) is 207 Å². The second kappa shape index (κ2) is 49.6. The first-order valence-corrected chi connectivity index (χ1v) is 27.4. The van der Waals surface area contributed by atoms with Crippen LogP contribution in [-0.4, -0.2) is 142 Å². The van der Waals surface area contributed by atoms with E-state index in [1.807, 2.05) is 0 Å². The molecule has 1 aliphatic rings. The Balaban J connectivity index is 0.00000145. The number of allylic oxidation sites excluding steroid dienone is 3. The summed E-state index contributed by atoms with van der Waals surface area (Å²) in [7, 11) is 3.59. The Morgan fingerprint density at radius 1 is 0.462 bits per heavy atom. The van der Waals surface area contributed by atoms with Gasteiger partial charge in [0.2, 0.25) is 5.91 Å². The van der Waals surface area contributed by atoms with Crippen LogP contribution in [0.3, 0.4) is 0 Å². The van der Waals surface area contributed by atoms with E-state index in [1.165, 1.54) is 136 Å². The number of unbranched alkanes of at least 4 members (excludes halogenated alkanes) is 19. The Hall–Kier alpha value is -2.33. The second-order valence-corrected chi connectivity index (χ2v) is 18.8. The molecule has 1 aliphatic heterocycles. The van der Waals surface area contributed by atoms with Crippen molar-refractivity contribution >= 4 is 18.2 Å². The van der Waals surface area contributed by atoms with Crippen molar-refractivity contribution in [3.63, 3.8) is 0 Å². The van der Waals surface area contributed by atoms with Gasteiger partial charge in [0.15, 0.2) is 0 Å². The first-order valence-electron chi connectivity index (χ1n) is 27.4. The molecule has 9 heteroatoms. The number of carbonyl (C=O) groups is 3. The molecule has 1 heterocycles. The zero-order valence-electron chi connectivity index (χ0n) is 43.9. The van der Waals surface area contributed by atoms with Gasteiger partial charge in [-0.1, -0.05) is 160 Å². The molecule has 1 amide bonds. The van der Waals surface area contributed by atoms with Crippen molar-refractivity contribution in [2.75, 3.05) is 99.2 Å². The number of rotatable bonds is 44. The molecule has 380 valence electrons. The van der Waals surface area contributed by atoms with Crippen molar-refractivity contribution in [1.82, 2.24) is 24.5 Å². The van der Waals surface area contributed by atoms with Crippen LogP contribution in [0.5, 0.6) is 0 Å². The summed E-state index contributed by atoms with van der Waals surface area (Å²) < 4.78 is 4.63. The van der Waals surface area contributed by atoms with Crippen LogP contribution < -0.4 is 0 Å². The Kier molecular flexibility index (Phi) is 47.8. The number of hydrogen-bond acceptors (Lipinski definition) is 8. The highest BCUT2D eigenvalue weighted by molar-refractivity contribution is 5.78. The maximum atomic E-state index is 13.2. The van der Waals surface area contributed by atoms with Gasteiger partial charge in [-0.3, -0.25) is 19.4 Å². The minimum Gasteiger partial charge on any atom is -0.469 e.